The summed E-state index contributed by atoms with van der Waals surface area (Å²) in [6, 6.07) is 7.63. The van der Waals surface area contributed by atoms with E-state index in [0.717, 1.165) is 37.2 Å². The highest BCUT2D eigenvalue weighted by molar-refractivity contribution is 6.30. The Morgan fingerprint density at radius 1 is 1.28 bits per heavy atom. The molecule has 1 aromatic carbocycles. The van der Waals surface area contributed by atoms with Crippen LogP contribution in [0.4, 0.5) is 0 Å². The number of carbonyl (C=O) groups is 1. The molecule has 0 aromatic heterocycles. The Bertz CT molecular complexity index is 490. The third-order valence-corrected chi connectivity index (χ3v) is 3.85. The van der Waals surface area contributed by atoms with Gasteiger partial charge in [0.1, 0.15) is 0 Å². The maximum atomic E-state index is 12.1. The number of hydrogen-bond acceptors (Lipinski definition) is 2. The lowest BCUT2D eigenvalue weighted by atomic mass is 9.84. The van der Waals surface area contributed by atoms with E-state index in [-0.39, 0.29) is 18.3 Å². The van der Waals surface area contributed by atoms with Crippen LogP contribution in [0.15, 0.2) is 30.0 Å². The van der Waals surface area contributed by atoms with Crippen molar-refractivity contribution in [2.75, 3.05) is 13.1 Å². The van der Waals surface area contributed by atoms with Gasteiger partial charge in [-0.1, -0.05) is 23.7 Å². The Morgan fingerprint density at radius 2 is 2.00 bits per heavy atom. The molecule has 4 heteroatoms. The molecule has 0 aliphatic carbocycles. The van der Waals surface area contributed by atoms with Gasteiger partial charge in [0, 0.05) is 24.0 Å². The monoisotopic (exact) mass is 283 g/mol. The van der Waals surface area contributed by atoms with E-state index < -0.39 is 0 Å². The predicted molar refractivity (Wildman–Crippen MR) is 76.0 cm³/mol. The summed E-state index contributed by atoms with van der Waals surface area (Å²) in [6.07, 6.45) is 4.01. The average Bonchev–Trinajstić information content (AvgIpc) is 2.34. The molecule has 2 nitrogen and oxygen atoms in total. The van der Waals surface area contributed by atoms with E-state index in [9.17, 15) is 4.79 Å². The number of piperidine rings is 3. The molecule has 4 rings (SSSR count). The summed E-state index contributed by atoms with van der Waals surface area (Å²) in [6.45, 7) is 2.03. The molecule has 0 radical (unpaired) electrons. The Morgan fingerprint density at radius 3 is 2.61 bits per heavy atom. The number of nitrogens with zero attached hydrogens (tertiary/aromatic N) is 1. The zero-order valence-corrected chi connectivity index (χ0v) is 11.5. The summed E-state index contributed by atoms with van der Waals surface area (Å²) in [4.78, 5) is 14.3. The second-order valence-corrected chi connectivity index (χ2v) is 5.15. The van der Waals surface area contributed by atoms with Gasteiger partial charge in [0.25, 0.3) is 0 Å². The number of ketones is 1. The van der Waals surface area contributed by atoms with Crippen LogP contribution >= 0.6 is 24.0 Å². The Labute approximate surface area is 118 Å². The fourth-order valence-electron chi connectivity index (χ4n) is 2.66. The van der Waals surface area contributed by atoms with Gasteiger partial charge in [0.2, 0.25) is 0 Å². The molecule has 96 valence electrons. The van der Waals surface area contributed by atoms with Crippen LogP contribution in [-0.4, -0.2) is 23.8 Å². The standard InChI is InChI=1S/C14H14ClNO.ClH/c15-12-3-1-2-10(8-12)9-13-14(17)11-4-6-16(13)7-5-11;/h1-3,8-9,11H,4-7H2;1H. The molecule has 3 saturated heterocycles. The molecule has 3 aliphatic heterocycles. The molecule has 3 aliphatic rings. The molecule has 18 heavy (non-hydrogen) atoms. The number of benzene rings is 1. The van der Waals surface area contributed by atoms with Gasteiger partial charge in [-0.2, -0.15) is 0 Å². The minimum absolute atomic E-state index is 0. The highest BCUT2D eigenvalue weighted by Crippen LogP contribution is 2.32. The first kappa shape index (κ1) is 13.4. The number of carbonyl (C=O) groups excluding carboxylic acids is 1. The molecule has 0 N–H and O–H groups in total. The zero-order chi connectivity index (χ0) is 11.8. The van der Waals surface area contributed by atoms with Crippen molar-refractivity contribution in [2.45, 2.75) is 12.8 Å². The summed E-state index contributed by atoms with van der Waals surface area (Å²) >= 11 is 5.95. The van der Waals surface area contributed by atoms with Gasteiger partial charge >= 0.3 is 0 Å². The van der Waals surface area contributed by atoms with E-state index in [2.05, 4.69) is 4.90 Å². The second kappa shape index (κ2) is 5.33. The van der Waals surface area contributed by atoms with Crippen molar-refractivity contribution in [1.82, 2.24) is 4.90 Å². The summed E-state index contributed by atoms with van der Waals surface area (Å²) in [5, 5.41) is 0.711. The molecular formula is C14H15Cl2NO. The first-order valence-corrected chi connectivity index (χ1v) is 6.38. The maximum Gasteiger partial charge on any atom is 0.182 e. The van der Waals surface area contributed by atoms with Gasteiger partial charge in [0.15, 0.2) is 5.78 Å². The molecule has 0 atom stereocenters. The van der Waals surface area contributed by atoms with Crippen molar-refractivity contribution in [3.05, 3.63) is 40.5 Å². The van der Waals surface area contributed by atoms with Crippen LogP contribution in [0, 0.1) is 5.92 Å². The summed E-state index contributed by atoms with van der Waals surface area (Å²) in [5.41, 5.74) is 1.88. The second-order valence-electron chi connectivity index (χ2n) is 4.71. The van der Waals surface area contributed by atoms with E-state index in [1.165, 1.54) is 0 Å². The van der Waals surface area contributed by atoms with Crippen molar-refractivity contribution in [2.24, 2.45) is 5.92 Å². The van der Waals surface area contributed by atoms with Crippen LogP contribution in [0.5, 0.6) is 0 Å². The van der Waals surface area contributed by atoms with Crippen molar-refractivity contribution in [3.8, 4) is 0 Å². The molecule has 0 saturated carbocycles. The van der Waals surface area contributed by atoms with Gasteiger partial charge < -0.3 is 4.90 Å². The van der Waals surface area contributed by atoms with Crippen LogP contribution in [0.3, 0.4) is 0 Å². The number of Topliss-reactive ketones (excluding diaryl/α,β-unsaturated/α-hetero) is 1. The van der Waals surface area contributed by atoms with Gasteiger partial charge in [-0.25, -0.2) is 0 Å². The number of hydrogen-bond donors (Lipinski definition) is 0. The van der Waals surface area contributed by atoms with Gasteiger partial charge in [0.05, 0.1) is 5.70 Å². The molecule has 0 spiro atoms. The highest BCUT2D eigenvalue weighted by Gasteiger charge is 2.36. The van der Waals surface area contributed by atoms with Crippen molar-refractivity contribution in [3.63, 3.8) is 0 Å². The molecule has 2 bridgehead atoms. The minimum atomic E-state index is 0. The third kappa shape index (κ3) is 2.40. The third-order valence-electron chi connectivity index (χ3n) is 3.61. The van der Waals surface area contributed by atoms with E-state index in [4.69, 9.17) is 11.6 Å². The molecule has 1 aromatic rings. The normalized spacial score (nSPS) is 21.3. The van der Waals surface area contributed by atoms with Gasteiger partial charge in [-0.15, -0.1) is 12.4 Å². The van der Waals surface area contributed by atoms with Crippen LogP contribution < -0.4 is 0 Å². The predicted octanol–water partition coefficient (Wildman–Crippen LogP) is 3.40. The van der Waals surface area contributed by atoms with Crippen LogP contribution in [0.2, 0.25) is 5.02 Å². The van der Waals surface area contributed by atoms with E-state index in [1.807, 2.05) is 30.3 Å². The lowest BCUT2D eigenvalue weighted by molar-refractivity contribution is -0.125. The number of allylic oxidation sites excluding steroid dienone is 1. The van der Waals surface area contributed by atoms with E-state index in [1.54, 1.807) is 0 Å². The first-order chi connectivity index (χ1) is 8.24. The lowest BCUT2D eigenvalue weighted by Crippen LogP contribution is -2.45. The molecular weight excluding hydrogens is 269 g/mol. The van der Waals surface area contributed by atoms with Crippen molar-refractivity contribution in [1.29, 1.82) is 0 Å². The van der Waals surface area contributed by atoms with Crippen molar-refractivity contribution < 1.29 is 4.79 Å². The Balaban J connectivity index is 0.00000120. The topological polar surface area (TPSA) is 20.3 Å². The highest BCUT2D eigenvalue weighted by atomic mass is 35.5. The Kier molecular flexibility index (Phi) is 3.98. The lowest BCUT2D eigenvalue weighted by Gasteiger charge is -2.41. The number of fused-ring (bicyclic) bond motifs is 3. The minimum Gasteiger partial charge on any atom is -0.369 e. The Hall–Kier alpha value is -0.990. The van der Waals surface area contributed by atoms with E-state index in [0.29, 0.717) is 10.8 Å². The summed E-state index contributed by atoms with van der Waals surface area (Å²) in [5.74, 6) is 0.563. The van der Waals surface area contributed by atoms with E-state index >= 15 is 0 Å². The molecule has 3 fully saturated rings. The molecule has 3 heterocycles. The molecule has 0 amide bonds. The summed E-state index contributed by atoms with van der Waals surface area (Å²) in [7, 11) is 0. The largest absolute Gasteiger partial charge is 0.369 e. The summed E-state index contributed by atoms with van der Waals surface area (Å²) < 4.78 is 0. The zero-order valence-electron chi connectivity index (χ0n) is 9.93. The van der Waals surface area contributed by atoms with Crippen LogP contribution in [-0.2, 0) is 4.79 Å². The number of halogens is 2. The smallest absolute Gasteiger partial charge is 0.182 e. The van der Waals surface area contributed by atoms with Crippen LogP contribution in [0.25, 0.3) is 6.08 Å². The van der Waals surface area contributed by atoms with Crippen LogP contribution in [0.1, 0.15) is 18.4 Å². The first-order valence-electron chi connectivity index (χ1n) is 6.00. The van der Waals surface area contributed by atoms with Gasteiger partial charge in [-0.3, -0.25) is 4.79 Å². The molecule has 0 unspecified atom stereocenters. The van der Waals surface area contributed by atoms with Crippen molar-refractivity contribution >= 4 is 35.9 Å². The fourth-order valence-corrected chi connectivity index (χ4v) is 2.86. The maximum absolute atomic E-state index is 12.1. The number of rotatable bonds is 1. The van der Waals surface area contributed by atoms with Gasteiger partial charge in [-0.05, 0) is 36.6 Å². The average molecular weight is 284 g/mol. The fraction of sp³-hybridized carbons (Fsp3) is 0.357. The quantitative estimate of drug-likeness (QED) is 0.737. The SMILES string of the molecule is Cl.O=C1C(=Cc2cccc(Cl)c2)N2CCC1CC2.